The molecule has 2 aliphatic rings. The van der Waals surface area contributed by atoms with E-state index in [4.69, 9.17) is 10.3 Å². The van der Waals surface area contributed by atoms with Crippen molar-refractivity contribution in [2.75, 3.05) is 26.2 Å². The van der Waals surface area contributed by atoms with E-state index in [1.165, 1.54) is 19.3 Å². The highest BCUT2D eigenvalue weighted by molar-refractivity contribution is 4.89. The second-order valence-electron chi connectivity index (χ2n) is 3.90. The Bertz CT molecular complexity index is 239. The molecular weight excluding hydrogens is 180 g/mol. The van der Waals surface area contributed by atoms with Crippen LogP contribution < -0.4 is 0 Å². The first-order chi connectivity index (χ1) is 6.92. The van der Waals surface area contributed by atoms with Crippen molar-refractivity contribution in [3.05, 3.63) is 10.4 Å². The molecule has 78 valence electrons. The van der Waals surface area contributed by atoms with Crippen molar-refractivity contribution in [1.29, 1.82) is 0 Å². The maximum atomic E-state index is 8.20. The zero-order valence-electron chi connectivity index (χ0n) is 8.30. The summed E-state index contributed by atoms with van der Waals surface area (Å²) in [6, 6.07) is 0.581. The molecule has 2 unspecified atom stereocenters. The lowest BCUT2D eigenvalue weighted by Gasteiger charge is -2.37. The lowest BCUT2D eigenvalue weighted by Crippen LogP contribution is -2.49. The molecule has 1 heterocycles. The van der Waals surface area contributed by atoms with Gasteiger partial charge in [0.15, 0.2) is 0 Å². The first-order valence-corrected chi connectivity index (χ1v) is 5.28. The van der Waals surface area contributed by atoms with Gasteiger partial charge in [-0.3, -0.25) is 4.90 Å². The van der Waals surface area contributed by atoms with Crippen LogP contribution in [-0.2, 0) is 4.74 Å². The molecule has 1 aliphatic carbocycles. The summed E-state index contributed by atoms with van der Waals surface area (Å²) in [6.07, 6.45) is 4.14. The average Bonchev–Trinajstić information content (AvgIpc) is 2.67. The van der Waals surface area contributed by atoms with E-state index < -0.39 is 0 Å². The van der Waals surface area contributed by atoms with E-state index in [0.29, 0.717) is 18.7 Å². The minimum Gasteiger partial charge on any atom is -0.375 e. The Balaban J connectivity index is 1.86. The van der Waals surface area contributed by atoms with Gasteiger partial charge in [-0.15, -0.1) is 0 Å². The Morgan fingerprint density at radius 3 is 3.29 bits per heavy atom. The van der Waals surface area contributed by atoms with Gasteiger partial charge in [0.1, 0.15) is 0 Å². The molecule has 0 aromatic carbocycles. The van der Waals surface area contributed by atoms with Gasteiger partial charge >= 0.3 is 0 Å². The summed E-state index contributed by atoms with van der Waals surface area (Å²) in [7, 11) is 0. The molecule has 5 nitrogen and oxygen atoms in total. The minimum absolute atomic E-state index is 0.440. The molecule has 1 saturated carbocycles. The number of fused-ring (bicyclic) bond motifs is 1. The van der Waals surface area contributed by atoms with Crippen molar-refractivity contribution in [3.8, 4) is 0 Å². The van der Waals surface area contributed by atoms with Gasteiger partial charge in [0.05, 0.1) is 12.7 Å². The first-order valence-electron chi connectivity index (χ1n) is 5.28. The normalized spacial score (nSPS) is 32.3. The fourth-order valence-corrected chi connectivity index (χ4v) is 2.50. The van der Waals surface area contributed by atoms with Gasteiger partial charge in [-0.1, -0.05) is 5.11 Å². The number of nitrogens with zero attached hydrogens (tertiary/aromatic N) is 4. The number of morpholine rings is 1. The summed E-state index contributed by atoms with van der Waals surface area (Å²) < 4.78 is 5.69. The summed E-state index contributed by atoms with van der Waals surface area (Å²) in [5.74, 6) is 0. The van der Waals surface area contributed by atoms with Crippen LogP contribution in [-0.4, -0.2) is 43.3 Å². The van der Waals surface area contributed by atoms with Crippen molar-refractivity contribution in [2.45, 2.75) is 31.4 Å². The lowest BCUT2D eigenvalue weighted by molar-refractivity contribution is -0.0542. The van der Waals surface area contributed by atoms with Crippen LogP contribution in [0.5, 0.6) is 0 Å². The third kappa shape index (κ3) is 2.00. The van der Waals surface area contributed by atoms with Gasteiger partial charge in [-0.2, -0.15) is 0 Å². The molecule has 0 amide bonds. The van der Waals surface area contributed by atoms with E-state index in [0.717, 1.165) is 19.7 Å². The summed E-state index contributed by atoms with van der Waals surface area (Å²) in [5, 5.41) is 3.58. The summed E-state index contributed by atoms with van der Waals surface area (Å²) >= 11 is 0. The van der Waals surface area contributed by atoms with E-state index in [2.05, 4.69) is 14.9 Å². The van der Waals surface area contributed by atoms with E-state index in [-0.39, 0.29) is 0 Å². The predicted molar refractivity (Wildman–Crippen MR) is 53.0 cm³/mol. The van der Waals surface area contributed by atoms with Crippen molar-refractivity contribution in [1.82, 2.24) is 4.90 Å². The molecule has 0 radical (unpaired) electrons. The second kappa shape index (κ2) is 4.64. The van der Waals surface area contributed by atoms with E-state index >= 15 is 0 Å². The molecule has 0 bridgehead atoms. The standard InChI is InChI=1S/C9H16N4O/c10-12-11-4-5-13-6-7-14-9-3-1-2-8(9)13/h8-9H,1-7H2. The topological polar surface area (TPSA) is 61.2 Å². The number of hydrogen-bond acceptors (Lipinski definition) is 3. The smallest absolute Gasteiger partial charge is 0.0730 e. The van der Waals surface area contributed by atoms with Crippen LogP contribution in [0.25, 0.3) is 10.4 Å². The molecule has 14 heavy (non-hydrogen) atoms. The zero-order chi connectivity index (χ0) is 9.80. The molecule has 0 spiro atoms. The van der Waals surface area contributed by atoms with Crippen molar-refractivity contribution >= 4 is 0 Å². The maximum Gasteiger partial charge on any atom is 0.0730 e. The highest BCUT2D eigenvalue weighted by Crippen LogP contribution is 2.29. The third-order valence-electron chi connectivity index (χ3n) is 3.15. The van der Waals surface area contributed by atoms with Crippen LogP contribution in [0.3, 0.4) is 0 Å². The van der Waals surface area contributed by atoms with Gasteiger partial charge < -0.3 is 4.74 Å². The lowest BCUT2D eigenvalue weighted by atomic mass is 10.1. The first kappa shape index (κ1) is 9.77. The van der Waals surface area contributed by atoms with Crippen LogP contribution in [0.4, 0.5) is 0 Å². The molecule has 1 aliphatic heterocycles. The monoisotopic (exact) mass is 196 g/mol. The highest BCUT2D eigenvalue weighted by Gasteiger charge is 2.35. The van der Waals surface area contributed by atoms with Crippen LogP contribution in [0.1, 0.15) is 19.3 Å². The summed E-state index contributed by atoms with van der Waals surface area (Å²) in [6.45, 7) is 3.29. The van der Waals surface area contributed by atoms with Crippen molar-refractivity contribution in [3.63, 3.8) is 0 Å². The Kier molecular flexibility index (Phi) is 3.24. The van der Waals surface area contributed by atoms with E-state index in [1.807, 2.05) is 0 Å². The molecular formula is C9H16N4O. The number of rotatable bonds is 3. The molecule has 5 heteroatoms. The molecule has 0 aromatic heterocycles. The molecule has 0 N–H and O–H groups in total. The molecule has 2 atom stereocenters. The number of azide groups is 1. The Hall–Kier alpha value is -0.770. The summed E-state index contributed by atoms with van der Waals surface area (Å²) in [4.78, 5) is 5.19. The van der Waals surface area contributed by atoms with E-state index in [9.17, 15) is 0 Å². The van der Waals surface area contributed by atoms with Crippen LogP contribution in [0, 0.1) is 0 Å². The van der Waals surface area contributed by atoms with Crippen LogP contribution in [0.2, 0.25) is 0 Å². The molecule has 2 rings (SSSR count). The fourth-order valence-electron chi connectivity index (χ4n) is 2.50. The quantitative estimate of drug-likeness (QED) is 0.390. The van der Waals surface area contributed by atoms with Crippen molar-refractivity contribution < 1.29 is 4.74 Å². The Labute approximate surface area is 83.7 Å². The van der Waals surface area contributed by atoms with E-state index in [1.54, 1.807) is 0 Å². The van der Waals surface area contributed by atoms with Crippen molar-refractivity contribution in [2.24, 2.45) is 5.11 Å². The molecule has 2 fully saturated rings. The number of hydrogen-bond donors (Lipinski definition) is 0. The Morgan fingerprint density at radius 1 is 1.50 bits per heavy atom. The Morgan fingerprint density at radius 2 is 2.43 bits per heavy atom. The van der Waals surface area contributed by atoms with Crippen LogP contribution >= 0.6 is 0 Å². The molecule has 0 aromatic rings. The zero-order valence-corrected chi connectivity index (χ0v) is 8.30. The van der Waals surface area contributed by atoms with Crippen LogP contribution in [0.15, 0.2) is 5.11 Å². The third-order valence-corrected chi connectivity index (χ3v) is 3.15. The van der Waals surface area contributed by atoms with Gasteiger partial charge in [0, 0.05) is 30.6 Å². The maximum absolute atomic E-state index is 8.20. The predicted octanol–water partition coefficient (Wildman–Crippen LogP) is 1.55. The molecule has 1 saturated heterocycles. The fraction of sp³-hybridized carbons (Fsp3) is 1.00. The largest absolute Gasteiger partial charge is 0.375 e. The number of ether oxygens (including phenoxy) is 1. The van der Waals surface area contributed by atoms with Gasteiger partial charge in [-0.05, 0) is 24.8 Å². The SMILES string of the molecule is [N-]=[N+]=NCCN1CCOC2CCCC21. The van der Waals surface area contributed by atoms with Gasteiger partial charge in [-0.25, -0.2) is 0 Å². The highest BCUT2D eigenvalue weighted by atomic mass is 16.5. The van der Waals surface area contributed by atoms with Gasteiger partial charge in [0.25, 0.3) is 0 Å². The second-order valence-corrected chi connectivity index (χ2v) is 3.90. The average molecular weight is 196 g/mol. The minimum atomic E-state index is 0.440. The summed E-state index contributed by atoms with van der Waals surface area (Å²) in [5.41, 5.74) is 8.20. The van der Waals surface area contributed by atoms with Gasteiger partial charge in [0.2, 0.25) is 0 Å².